The summed E-state index contributed by atoms with van der Waals surface area (Å²) < 4.78 is 31.6. The van der Waals surface area contributed by atoms with Crippen molar-refractivity contribution in [1.82, 2.24) is 9.97 Å². The highest BCUT2D eigenvalue weighted by Gasteiger charge is 2.15. The maximum absolute atomic E-state index is 12.2. The lowest BCUT2D eigenvalue weighted by Gasteiger charge is -2.09. The van der Waals surface area contributed by atoms with Gasteiger partial charge < -0.3 is 10.2 Å². The summed E-state index contributed by atoms with van der Waals surface area (Å²) in [6, 6.07) is 5.78. The number of pyridine rings is 2. The Morgan fingerprint density at radius 1 is 1.25 bits per heavy atom. The van der Waals surface area contributed by atoms with Crippen LogP contribution in [-0.2, 0) is 10.0 Å². The number of aromatic nitrogens is 2. The monoisotopic (exact) mass is 295 g/mol. The van der Waals surface area contributed by atoms with Crippen LogP contribution in [-0.4, -0.2) is 25.5 Å². The highest BCUT2D eigenvalue weighted by molar-refractivity contribution is 7.92. The van der Waals surface area contributed by atoms with Gasteiger partial charge in [-0.15, -0.1) is 0 Å². The number of ether oxygens (including phenoxy) is 1. The smallest absolute Gasteiger partial charge is 0.262 e. The largest absolute Gasteiger partial charge is 0.481 e. The van der Waals surface area contributed by atoms with Crippen molar-refractivity contribution >= 4 is 21.5 Å². The fraction of sp³-hybridized carbons (Fsp3) is 0.0909. The number of nitrogens with two attached hydrogens (primary N) is 1. The van der Waals surface area contributed by atoms with Gasteiger partial charge in [-0.2, -0.15) is 0 Å². The molecule has 106 valence electrons. The molecule has 0 saturated carbocycles. The van der Waals surface area contributed by atoms with Crippen LogP contribution in [0, 0.1) is 0 Å². The minimum atomic E-state index is -3.73. The van der Waals surface area contributed by atoms with Gasteiger partial charge in [0.2, 0.25) is 5.88 Å². The molecule has 2 heterocycles. The first-order valence-electron chi connectivity index (χ1n) is 5.50. The molecule has 0 radical (unpaired) electrons. The number of nitrogen functional groups attached to an aromatic ring is 1. The lowest BCUT2D eigenvalue weighted by atomic mass is 10.4. The van der Waals surface area contributed by atoms with Crippen molar-refractivity contribution < 1.29 is 13.2 Å². The Hall–Kier alpha value is -2.39. The van der Waals surface area contributed by atoms with Crippen molar-refractivity contribution in [3.05, 3.63) is 36.7 Å². The van der Waals surface area contributed by atoms with Crippen molar-refractivity contribution in [2.75, 3.05) is 17.3 Å². The van der Waals surface area contributed by atoms with Gasteiger partial charge in [-0.25, -0.2) is 24.2 Å². The van der Waals surface area contributed by atoms with Crippen LogP contribution >= 0.6 is 0 Å². The molecule has 0 amide bonds. The molecule has 8 nitrogen and oxygen atoms in total. The standard InChI is InChI=1S/C11H13N5O3S/c1-19-11-3-2-8(7-14-11)16-20(17,18)9-4-5-13-10(6-9)15-12/h2-7,16H,12H2,1H3,(H,13,15). The first-order chi connectivity index (χ1) is 9.55. The number of hydrazine groups is 1. The number of anilines is 2. The zero-order valence-electron chi connectivity index (χ0n) is 10.6. The number of nitrogens with zero attached hydrogens (tertiary/aromatic N) is 2. The first kappa shape index (κ1) is 14.0. The van der Waals surface area contributed by atoms with Crippen LogP contribution in [0.2, 0.25) is 0 Å². The van der Waals surface area contributed by atoms with Crippen LogP contribution in [0.4, 0.5) is 11.5 Å². The van der Waals surface area contributed by atoms with E-state index in [9.17, 15) is 8.42 Å². The van der Waals surface area contributed by atoms with Crippen molar-refractivity contribution in [1.29, 1.82) is 0 Å². The summed E-state index contributed by atoms with van der Waals surface area (Å²) in [5.74, 6) is 5.84. The summed E-state index contributed by atoms with van der Waals surface area (Å²) >= 11 is 0. The van der Waals surface area contributed by atoms with Crippen LogP contribution in [0.15, 0.2) is 41.6 Å². The summed E-state index contributed by atoms with van der Waals surface area (Å²) in [4.78, 5) is 7.80. The van der Waals surface area contributed by atoms with E-state index in [0.29, 0.717) is 11.6 Å². The minimum Gasteiger partial charge on any atom is -0.481 e. The molecule has 0 aliphatic carbocycles. The molecule has 0 aliphatic heterocycles. The molecule has 0 aliphatic rings. The molecule has 0 fully saturated rings. The van der Waals surface area contributed by atoms with Gasteiger partial charge in [0.1, 0.15) is 5.82 Å². The summed E-state index contributed by atoms with van der Waals surface area (Å²) in [6.07, 6.45) is 2.70. The van der Waals surface area contributed by atoms with Crippen molar-refractivity contribution in [2.24, 2.45) is 5.84 Å². The SMILES string of the molecule is COc1ccc(NS(=O)(=O)c2ccnc(NN)c2)cn1. The van der Waals surface area contributed by atoms with Crippen LogP contribution in [0.1, 0.15) is 0 Å². The Balaban J connectivity index is 2.25. The summed E-state index contributed by atoms with van der Waals surface area (Å²) in [7, 11) is -2.26. The predicted octanol–water partition coefficient (Wildman–Crippen LogP) is 0.572. The quantitative estimate of drug-likeness (QED) is 0.545. The van der Waals surface area contributed by atoms with Crippen molar-refractivity contribution in [3.63, 3.8) is 0 Å². The number of nitrogens with one attached hydrogen (secondary N) is 2. The van der Waals surface area contributed by atoms with Crippen molar-refractivity contribution in [3.8, 4) is 5.88 Å². The minimum absolute atomic E-state index is 0.0382. The average Bonchev–Trinajstić information content (AvgIpc) is 2.48. The van der Waals surface area contributed by atoms with E-state index in [0.717, 1.165) is 0 Å². The molecule has 0 saturated heterocycles. The third kappa shape index (κ3) is 3.13. The van der Waals surface area contributed by atoms with Gasteiger partial charge in [0.05, 0.1) is 23.9 Å². The van der Waals surface area contributed by atoms with Gasteiger partial charge in [-0.05, 0) is 12.1 Å². The van der Waals surface area contributed by atoms with Gasteiger partial charge in [0.25, 0.3) is 10.0 Å². The van der Waals surface area contributed by atoms with E-state index in [1.807, 2.05) is 0 Å². The summed E-state index contributed by atoms with van der Waals surface area (Å²) in [6.45, 7) is 0. The van der Waals surface area contributed by atoms with E-state index in [1.54, 1.807) is 12.1 Å². The third-order valence-electron chi connectivity index (χ3n) is 2.39. The van der Waals surface area contributed by atoms with Gasteiger partial charge in [-0.3, -0.25) is 4.72 Å². The molecule has 0 spiro atoms. The lowest BCUT2D eigenvalue weighted by molar-refractivity contribution is 0.398. The van der Waals surface area contributed by atoms with Gasteiger partial charge in [0.15, 0.2) is 0 Å². The number of sulfonamides is 1. The first-order valence-corrected chi connectivity index (χ1v) is 6.99. The molecule has 0 atom stereocenters. The Kier molecular flexibility index (Phi) is 4.01. The van der Waals surface area contributed by atoms with Gasteiger partial charge in [0, 0.05) is 18.3 Å². The summed E-state index contributed by atoms with van der Waals surface area (Å²) in [5.41, 5.74) is 2.61. The Labute approximate surface area is 116 Å². The number of rotatable bonds is 5. The molecule has 20 heavy (non-hydrogen) atoms. The Morgan fingerprint density at radius 3 is 2.65 bits per heavy atom. The Morgan fingerprint density at radius 2 is 2.05 bits per heavy atom. The maximum Gasteiger partial charge on any atom is 0.262 e. The number of hydrogen-bond donors (Lipinski definition) is 3. The molecular weight excluding hydrogens is 282 g/mol. The van der Waals surface area contributed by atoms with Crippen LogP contribution in [0.25, 0.3) is 0 Å². The second kappa shape index (κ2) is 5.72. The highest BCUT2D eigenvalue weighted by Crippen LogP contribution is 2.18. The van der Waals surface area contributed by atoms with E-state index in [1.165, 1.54) is 31.6 Å². The van der Waals surface area contributed by atoms with Crippen LogP contribution in [0.3, 0.4) is 0 Å². The number of hydrogen-bond acceptors (Lipinski definition) is 7. The second-order valence-corrected chi connectivity index (χ2v) is 5.40. The Bertz CT molecular complexity index is 687. The van der Waals surface area contributed by atoms with E-state index < -0.39 is 10.0 Å². The molecule has 2 aromatic rings. The fourth-order valence-corrected chi connectivity index (χ4v) is 2.49. The molecule has 0 unspecified atom stereocenters. The lowest BCUT2D eigenvalue weighted by Crippen LogP contribution is -2.15. The third-order valence-corrected chi connectivity index (χ3v) is 3.77. The molecule has 0 aromatic carbocycles. The molecule has 4 N–H and O–H groups in total. The summed E-state index contributed by atoms with van der Waals surface area (Å²) in [5, 5.41) is 0. The molecule has 9 heteroatoms. The highest BCUT2D eigenvalue weighted by atomic mass is 32.2. The van der Waals surface area contributed by atoms with Gasteiger partial charge in [-0.1, -0.05) is 0 Å². The van der Waals surface area contributed by atoms with E-state index in [4.69, 9.17) is 10.6 Å². The van der Waals surface area contributed by atoms with E-state index in [2.05, 4.69) is 20.1 Å². The average molecular weight is 295 g/mol. The molecule has 0 bridgehead atoms. The zero-order chi connectivity index (χ0) is 14.6. The molecule has 2 aromatic heterocycles. The molecule has 2 rings (SSSR count). The van der Waals surface area contributed by atoms with E-state index >= 15 is 0 Å². The van der Waals surface area contributed by atoms with Crippen LogP contribution in [0.5, 0.6) is 5.88 Å². The zero-order valence-corrected chi connectivity index (χ0v) is 11.4. The molecular formula is C11H13N5O3S. The number of methoxy groups -OCH3 is 1. The van der Waals surface area contributed by atoms with Crippen LogP contribution < -0.4 is 20.7 Å². The normalized spacial score (nSPS) is 10.9. The maximum atomic E-state index is 12.2. The predicted molar refractivity (Wildman–Crippen MR) is 73.6 cm³/mol. The topological polar surface area (TPSA) is 119 Å². The second-order valence-electron chi connectivity index (χ2n) is 3.72. The van der Waals surface area contributed by atoms with Crippen molar-refractivity contribution in [2.45, 2.75) is 4.90 Å². The fourth-order valence-electron chi connectivity index (χ4n) is 1.43. The van der Waals surface area contributed by atoms with E-state index in [-0.39, 0.29) is 10.7 Å². The van der Waals surface area contributed by atoms with Gasteiger partial charge >= 0.3 is 0 Å².